The molecule has 2 heteroatoms. The summed E-state index contributed by atoms with van der Waals surface area (Å²) >= 11 is 1.92. The molecule has 0 saturated carbocycles. The Balaban J connectivity index is 2.37. The maximum absolute atomic E-state index is 4.31. The highest BCUT2D eigenvalue weighted by atomic mass is 32.2. The van der Waals surface area contributed by atoms with E-state index in [0.717, 1.165) is 18.2 Å². The van der Waals surface area contributed by atoms with Crippen molar-refractivity contribution in [1.82, 2.24) is 0 Å². The van der Waals surface area contributed by atoms with Crippen molar-refractivity contribution in [2.24, 2.45) is 4.99 Å². The topological polar surface area (TPSA) is 12.4 Å². The first kappa shape index (κ1) is 6.14. The van der Waals surface area contributed by atoms with E-state index < -0.39 is 0 Å². The quantitative estimate of drug-likeness (QED) is 0.527. The van der Waals surface area contributed by atoms with Gasteiger partial charge in [-0.05, 0) is 6.42 Å². The van der Waals surface area contributed by atoms with Crippen molar-refractivity contribution in [3.63, 3.8) is 0 Å². The van der Waals surface area contributed by atoms with Crippen LogP contribution in [0.3, 0.4) is 0 Å². The molecule has 0 saturated heterocycles. The van der Waals surface area contributed by atoms with E-state index in [1.807, 2.05) is 11.8 Å². The number of nitrogens with zero attached hydrogens (tertiary/aromatic N) is 1. The first-order valence-electron chi connectivity index (χ1n) is 3.03. The zero-order valence-electron chi connectivity index (χ0n) is 5.35. The molecule has 0 aromatic carbocycles. The third kappa shape index (κ3) is 1.25. The van der Waals surface area contributed by atoms with Crippen molar-refractivity contribution in [3.8, 4) is 0 Å². The number of thioether (sulfide) groups is 1. The third-order valence-corrected chi connectivity index (χ3v) is 2.41. The summed E-state index contributed by atoms with van der Waals surface area (Å²) in [4.78, 5) is 4.31. The molecule has 46 valence electrons. The Morgan fingerprint density at radius 1 is 1.88 bits per heavy atom. The number of hydrogen-bond acceptors (Lipinski definition) is 2. The van der Waals surface area contributed by atoms with Gasteiger partial charge >= 0.3 is 0 Å². The molecule has 1 atom stereocenters. The second-order valence-corrected chi connectivity index (χ2v) is 3.53. The van der Waals surface area contributed by atoms with Gasteiger partial charge in [-0.3, -0.25) is 4.99 Å². The summed E-state index contributed by atoms with van der Waals surface area (Å²) in [6, 6.07) is 0. The van der Waals surface area contributed by atoms with Crippen LogP contribution in [0.15, 0.2) is 4.99 Å². The van der Waals surface area contributed by atoms with E-state index in [-0.39, 0.29) is 0 Å². The molecule has 0 amide bonds. The van der Waals surface area contributed by atoms with Crippen LogP contribution >= 0.6 is 11.8 Å². The van der Waals surface area contributed by atoms with Crippen LogP contribution in [0.4, 0.5) is 0 Å². The molecule has 0 aliphatic carbocycles. The summed E-state index contributed by atoms with van der Waals surface area (Å²) in [6.07, 6.45) is 1.12. The Morgan fingerprint density at radius 2 is 2.62 bits per heavy atom. The van der Waals surface area contributed by atoms with Gasteiger partial charge in [0.2, 0.25) is 0 Å². The predicted octanol–water partition coefficient (Wildman–Crippen LogP) is 1.93. The maximum atomic E-state index is 4.31. The summed E-state index contributed by atoms with van der Waals surface area (Å²) in [5.74, 6) is 0. The molecule has 8 heavy (non-hydrogen) atoms. The Morgan fingerprint density at radius 3 is 2.88 bits per heavy atom. The van der Waals surface area contributed by atoms with Crippen molar-refractivity contribution in [1.29, 1.82) is 0 Å². The monoisotopic (exact) mass is 129 g/mol. The first-order valence-corrected chi connectivity index (χ1v) is 3.91. The molecule has 0 N–H and O–H groups in total. The lowest BCUT2D eigenvalue weighted by Crippen LogP contribution is -1.92. The smallest absolute Gasteiger partial charge is 0.0676 e. The molecule has 1 rings (SSSR count). The Bertz CT molecular complexity index is 109. The van der Waals surface area contributed by atoms with E-state index in [0.29, 0.717) is 0 Å². The summed E-state index contributed by atoms with van der Waals surface area (Å²) in [6.45, 7) is 5.41. The van der Waals surface area contributed by atoms with Gasteiger partial charge in [-0.25, -0.2) is 0 Å². The highest BCUT2D eigenvalue weighted by Gasteiger charge is 2.11. The molecule has 1 unspecified atom stereocenters. The van der Waals surface area contributed by atoms with Crippen molar-refractivity contribution < 1.29 is 0 Å². The zero-order chi connectivity index (χ0) is 5.98. The molecular weight excluding hydrogens is 118 g/mol. The molecule has 0 spiro atoms. The van der Waals surface area contributed by atoms with E-state index >= 15 is 0 Å². The van der Waals surface area contributed by atoms with E-state index in [1.54, 1.807) is 0 Å². The molecule has 0 aromatic rings. The number of aliphatic imine (C=N–C) groups is 1. The summed E-state index contributed by atoms with van der Waals surface area (Å²) in [7, 11) is 0. The second-order valence-electron chi connectivity index (χ2n) is 2.02. The van der Waals surface area contributed by atoms with Crippen molar-refractivity contribution >= 4 is 16.8 Å². The fraction of sp³-hybridized carbons (Fsp3) is 0.833. The highest BCUT2D eigenvalue weighted by Crippen LogP contribution is 2.21. The van der Waals surface area contributed by atoms with Crippen LogP contribution in [-0.4, -0.2) is 16.8 Å². The van der Waals surface area contributed by atoms with Gasteiger partial charge in [0.1, 0.15) is 0 Å². The average Bonchev–Trinajstić information content (AvgIpc) is 2.14. The summed E-state index contributed by atoms with van der Waals surface area (Å²) < 4.78 is 0. The molecule has 0 fully saturated rings. The largest absolute Gasteiger partial charge is 0.282 e. The molecule has 1 nitrogen and oxygen atoms in total. The van der Waals surface area contributed by atoms with E-state index in [9.17, 15) is 0 Å². The third-order valence-electron chi connectivity index (χ3n) is 1.16. The van der Waals surface area contributed by atoms with Crippen LogP contribution in [-0.2, 0) is 0 Å². The first-order chi connectivity index (χ1) is 3.83. The molecule has 1 aliphatic heterocycles. The van der Waals surface area contributed by atoms with Gasteiger partial charge in [0, 0.05) is 5.25 Å². The van der Waals surface area contributed by atoms with E-state index in [1.165, 1.54) is 5.04 Å². The summed E-state index contributed by atoms with van der Waals surface area (Å²) in [5.41, 5.74) is 0. The minimum atomic E-state index is 0.741. The Kier molecular flexibility index (Phi) is 1.95. The van der Waals surface area contributed by atoms with Gasteiger partial charge in [-0.1, -0.05) is 13.8 Å². The average molecular weight is 129 g/mol. The van der Waals surface area contributed by atoms with Crippen LogP contribution < -0.4 is 0 Å². The van der Waals surface area contributed by atoms with Crippen LogP contribution in [0.5, 0.6) is 0 Å². The fourth-order valence-corrected chi connectivity index (χ4v) is 1.66. The number of rotatable bonds is 1. The Hall–Kier alpha value is 0.0200. The van der Waals surface area contributed by atoms with E-state index in [2.05, 4.69) is 18.8 Å². The molecule has 0 bridgehead atoms. The molecule has 1 heterocycles. The fourth-order valence-electron chi connectivity index (χ4n) is 0.732. The van der Waals surface area contributed by atoms with Gasteiger partial charge in [0.05, 0.1) is 11.6 Å². The minimum Gasteiger partial charge on any atom is -0.282 e. The lowest BCUT2D eigenvalue weighted by atomic mass is 10.5. The minimum absolute atomic E-state index is 0.741. The van der Waals surface area contributed by atoms with Crippen molar-refractivity contribution in [2.45, 2.75) is 25.5 Å². The highest BCUT2D eigenvalue weighted by molar-refractivity contribution is 8.14. The van der Waals surface area contributed by atoms with Crippen molar-refractivity contribution in [2.75, 3.05) is 6.54 Å². The van der Waals surface area contributed by atoms with Crippen LogP contribution in [0.25, 0.3) is 0 Å². The van der Waals surface area contributed by atoms with Gasteiger partial charge in [-0.2, -0.15) is 0 Å². The SMILES string of the molecule is CCC1=NCC(C)S1. The molecule has 0 radical (unpaired) electrons. The zero-order valence-corrected chi connectivity index (χ0v) is 6.16. The van der Waals surface area contributed by atoms with Crippen molar-refractivity contribution in [3.05, 3.63) is 0 Å². The van der Waals surface area contributed by atoms with Crippen LogP contribution in [0.1, 0.15) is 20.3 Å². The lowest BCUT2D eigenvalue weighted by Gasteiger charge is -1.94. The van der Waals surface area contributed by atoms with Gasteiger partial charge in [0.15, 0.2) is 0 Å². The molecular formula is C6H11NS. The number of hydrogen-bond donors (Lipinski definition) is 0. The molecule has 1 aliphatic rings. The predicted molar refractivity (Wildman–Crippen MR) is 39.6 cm³/mol. The molecule has 0 aromatic heterocycles. The second kappa shape index (κ2) is 2.53. The van der Waals surface area contributed by atoms with Crippen LogP contribution in [0.2, 0.25) is 0 Å². The summed E-state index contributed by atoms with van der Waals surface area (Å²) in [5, 5.41) is 2.07. The van der Waals surface area contributed by atoms with Gasteiger partial charge in [0.25, 0.3) is 0 Å². The van der Waals surface area contributed by atoms with E-state index in [4.69, 9.17) is 0 Å². The van der Waals surface area contributed by atoms with Gasteiger partial charge in [-0.15, -0.1) is 11.8 Å². The maximum Gasteiger partial charge on any atom is 0.0676 e. The standard InChI is InChI=1S/C6H11NS/c1-3-6-7-4-5(2)8-6/h5H,3-4H2,1-2H3. The van der Waals surface area contributed by atoms with Gasteiger partial charge < -0.3 is 0 Å². The lowest BCUT2D eigenvalue weighted by molar-refractivity contribution is 0.973. The normalized spacial score (nSPS) is 28.2. The Labute approximate surface area is 54.6 Å². The van der Waals surface area contributed by atoms with Crippen LogP contribution in [0, 0.1) is 0 Å².